The van der Waals surface area contributed by atoms with Crippen LogP contribution in [0.15, 0.2) is 22.7 Å². The van der Waals surface area contributed by atoms with Crippen molar-refractivity contribution in [2.45, 2.75) is 0 Å². The summed E-state index contributed by atoms with van der Waals surface area (Å²) in [7, 11) is 1.69. The fourth-order valence-corrected chi connectivity index (χ4v) is 2.06. The summed E-state index contributed by atoms with van der Waals surface area (Å²) in [5.41, 5.74) is 7.03. The average molecular weight is 269 g/mol. The van der Waals surface area contributed by atoms with E-state index in [1.807, 2.05) is 18.2 Å². The van der Waals surface area contributed by atoms with Crippen molar-refractivity contribution in [1.82, 2.24) is 4.57 Å². The fraction of sp³-hybridized carbons (Fsp3) is 0.100. The van der Waals surface area contributed by atoms with E-state index in [2.05, 4.69) is 15.9 Å². The van der Waals surface area contributed by atoms with Crippen molar-refractivity contribution in [3.05, 3.63) is 28.4 Å². The van der Waals surface area contributed by atoms with Crippen molar-refractivity contribution < 1.29 is 9.90 Å². The summed E-state index contributed by atoms with van der Waals surface area (Å²) in [5.74, 6) is -1.01. The number of hydrogen-bond donors (Lipinski definition) is 2. The lowest BCUT2D eigenvalue weighted by molar-refractivity contribution is 0.0688. The van der Waals surface area contributed by atoms with Gasteiger partial charge in [-0.05, 0) is 18.2 Å². The van der Waals surface area contributed by atoms with Crippen molar-refractivity contribution in [3.63, 3.8) is 0 Å². The van der Waals surface area contributed by atoms with Gasteiger partial charge in [0, 0.05) is 16.9 Å². The minimum atomic E-state index is -1.01. The van der Waals surface area contributed by atoms with E-state index in [9.17, 15) is 4.79 Å². The van der Waals surface area contributed by atoms with Crippen LogP contribution in [0.25, 0.3) is 10.9 Å². The van der Waals surface area contributed by atoms with Crippen LogP contribution in [0.4, 0.5) is 5.69 Å². The number of anilines is 1. The van der Waals surface area contributed by atoms with Gasteiger partial charge in [0.2, 0.25) is 0 Å². The monoisotopic (exact) mass is 268 g/mol. The van der Waals surface area contributed by atoms with E-state index in [1.165, 1.54) is 0 Å². The number of nitrogens with two attached hydrogens (primary N) is 1. The third kappa shape index (κ3) is 1.39. The summed E-state index contributed by atoms with van der Waals surface area (Å²) in [6.07, 6.45) is 0. The first-order chi connectivity index (χ1) is 7.02. The van der Waals surface area contributed by atoms with E-state index in [0.29, 0.717) is 5.69 Å². The standard InChI is InChI=1S/C10H9BrN2O2/c1-13-7-3-2-5(11)4-6(7)8(12)9(13)10(14)15/h2-4H,12H2,1H3,(H,14,15). The largest absolute Gasteiger partial charge is 0.477 e. The molecule has 0 saturated heterocycles. The Morgan fingerprint density at radius 2 is 2.20 bits per heavy atom. The molecule has 3 N–H and O–H groups in total. The molecule has 0 saturated carbocycles. The Morgan fingerprint density at radius 3 is 2.80 bits per heavy atom. The third-order valence-corrected chi connectivity index (χ3v) is 2.90. The molecule has 0 bridgehead atoms. The quantitative estimate of drug-likeness (QED) is 0.834. The lowest BCUT2D eigenvalue weighted by Gasteiger charge is -1.98. The molecule has 0 aliphatic heterocycles. The molecule has 0 aliphatic rings. The first-order valence-electron chi connectivity index (χ1n) is 4.29. The number of rotatable bonds is 1. The van der Waals surface area contributed by atoms with Crippen LogP contribution in [0.3, 0.4) is 0 Å². The number of carbonyl (C=O) groups is 1. The Kier molecular flexibility index (Phi) is 2.19. The number of carboxylic acids is 1. The number of aromatic carboxylic acids is 1. The summed E-state index contributed by atoms with van der Waals surface area (Å²) in [5, 5.41) is 9.76. The lowest BCUT2D eigenvalue weighted by Crippen LogP contribution is -2.06. The maximum absolute atomic E-state index is 11.0. The number of halogens is 1. The molecule has 0 fully saturated rings. The summed E-state index contributed by atoms with van der Waals surface area (Å²) in [6, 6.07) is 5.51. The molecule has 0 spiro atoms. The van der Waals surface area contributed by atoms with Crippen LogP contribution < -0.4 is 5.73 Å². The summed E-state index contributed by atoms with van der Waals surface area (Å²) in [4.78, 5) is 11.0. The Bertz CT molecular complexity index is 560. The van der Waals surface area contributed by atoms with E-state index >= 15 is 0 Å². The summed E-state index contributed by atoms with van der Waals surface area (Å²) < 4.78 is 2.46. The zero-order valence-corrected chi connectivity index (χ0v) is 9.58. The van der Waals surface area contributed by atoms with Gasteiger partial charge in [0.25, 0.3) is 0 Å². The molecule has 0 atom stereocenters. The zero-order valence-electron chi connectivity index (χ0n) is 7.99. The van der Waals surface area contributed by atoms with Gasteiger partial charge >= 0.3 is 5.97 Å². The number of benzene rings is 1. The Hall–Kier alpha value is -1.49. The molecule has 2 rings (SSSR count). The van der Waals surface area contributed by atoms with Gasteiger partial charge in [0.15, 0.2) is 5.69 Å². The molecule has 15 heavy (non-hydrogen) atoms. The summed E-state index contributed by atoms with van der Waals surface area (Å²) >= 11 is 3.33. The second-order valence-electron chi connectivity index (χ2n) is 3.29. The molecule has 1 aromatic carbocycles. The second kappa shape index (κ2) is 3.27. The number of nitrogen functional groups attached to an aromatic ring is 1. The van der Waals surface area contributed by atoms with E-state index < -0.39 is 5.97 Å². The number of fused-ring (bicyclic) bond motifs is 1. The van der Waals surface area contributed by atoms with Gasteiger partial charge in [0.05, 0.1) is 11.2 Å². The predicted molar refractivity (Wildman–Crippen MR) is 62.0 cm³/mol. The van der Waals surface area contributed by atoms with Crippen LogP contribution in [0.2, 0.25) is 0 Å². The first-order valence-corrected chi connectivity index (χ1v) is 5.08. The van der Waals surface area contributed by atoms with E-state index in [0.717, 1.165) is 15.4 Å². The Morgan fingerprint density at radius 1 is 1.53 bits per heavy atom. The van der Waals surface area contributed by atoms with Crippen molar-refractivity contribution in [3.8, 4) is 0 Å². The highest BCUT2D eigenvalue weighted by atomic mass is 79.9. The maximum Gasteiger partial charge on any atom is 0.354 e. The smallest absolute Gasteiger partial charge is 0.354 e. The molecular formula is C10H9BrN2O2. The normalized spacial score (nSPS) is 10.8. The third-order valence-electron chi connectivity index (χ3n) is 2.40. The van der Waals surface area contributed by atoms with Crippen molar-refractivity contribution >= 4 is 38.5 Å². The van der Waals surface area contributed by atoms with Gasteiger partial charge < -0.3 is 15.4 Å². The van der Waals surface area contributed by atoms with Gasteiger partial charge in [-0.1, -0.05) is 15.9 Å². The minimum absolute atomic E-state index is 0.128. The second-order valence-corrected chi connectivity index (χ2v) is 4.20. The fourth-order valence-electron chi connectivity index (χ4n) is 1.70. The number of nitrogens with zero attached hydrogens (tertiary/aromatic N) is 1. The Labute approximate surface area is 94.4 Å². The van der Waals surface area contributed by atoms with Crippen LogP contribution in [-0.2, 0) is 7.05 Å². The number of hydrogen-bond acceptors (Lipinski definition) is 2. The SMILES string of the molecule is Cn1c(C(=O)O)c(N)c2cc(Br)ccc21. The zero-order chi connectivity index (χ0) is 11.2. The molecular weight excluding hydrogens is 260 g/mol. The predicted octanol–water partition coefficient (Wildman–Crippen LogP) is 2.22. The lowest BCUT2D eigenvalue weighted by atomic mass is 10.2. The van der Waals surface area contributed by atoms with Crippen LogP contribution in [-0.4, -0.2) is 15.6 Å². The first kappa shape index (κ1) is 10.0. The number of aromatic nitrogens is 1. The van der Waals surface area contributed by atoms with Gasteiger partial charge in [0.1, 0.15) is 0 Å². The van der Waals surface area contributed by atoms with Gasteiger partial charge in [-0.2, -0.15) is 0 Å². The van der Waals surface area contributed by atoms with Gasteiger partial charge in [-0.3, -0.25) is 0 Å². The van der Waals surface area contributed by atoms with Gasteiger partial charge in [-0.25, -0.2) is 4.79 Å². The average Bonchev–Trinajstić information content (AvgIpc) is 2.39. The topological polar surface area (TPSA) is 68.2 Å². The van der Waals surface area contributed by atoms with E-state index in [1.54, 1.807) is 11.6 Å². The Balaban J connectivity index is 2.91. The number of aryl methyl sites for hydroxylation is 1. The van der Waals surface area contributed by atoms with Crippen LogP contribution in [0.1, 0.15) is 10.5 Å². The molecule has 78 valence electrons. The molecule has 1 heterocycles. The molecule has 4 nitrogen and oxygen atoms in total. The highest BCUT2D eigenvalue weighted by Gasteiger charge is 2.17. The van der Waals surface area contributed by atoms with Gasteiger partial charge in [-0.15, -0.1) is 0 Å². The van der Waals surface area contributed by atoms with E-state index in [4.69, 9.17) is 10.8 Å². The highest BCUT2D eigenvalue weighted by molar-refractivity contribution is 9.10. The number of carboxylic acid groups (broad SMARTS) is 1. The molecule has 2 aromatic rings. The molecule has 1 aromatic heterocycles. The molecule has 0 radical (unpaired) electrons. The highest BCUT2D eigenvalue weighted by Crippen LogP contribution is 2.29. The summed E-state index contributed by atoms with van der Waals surface area (Å²) in [6.45, 7) is 0. The minimum Gasteiger partial charge on any atom is -0.477 e. The van der Waals surface area contributed by atoms with Crippen LogP contribution >= 0.6 is 15.9 Å². The molecule has 0 amide bonds. The van der Waals surface area contributed by atoms with Crippen LogP contribution in [0.5, 0.6) is 0 Å². The van der Waals surface area contributed by atoms with Crippen molar-refractivity contribution in [2.75, 3.05) is 5.73 Å². The van der Waals surface area contributed by atoms with Crippen molar-refractivity contribution in [1.29, 1.82) is 0 Å². The molecule has 0 unspecified atom stereocenters. The van der Waals surface area contributed by atoms with E-state index in [-0.39, 0.29) is 5.69 Å². The molecule has 0 aliphatic carbocycles. The van der Waals surface area contributed by atoms with Crippen LogP contribution in [0, 0.1) is 0 Å². The van der Waals surface area contributed by atoms with Crippen molar-refractivity contribution in [2.24, 2.45) is 7.05 Å². The molecule has 5 heteroatoms. The maximum atomic E-state index is 11.0.